The van der Waals surface area contributed by atoms with Gasteiger partial charge in [-0.2, -0.15) is 5.26 Å². The van der Waals surface area contributed by atoms with E-state index in [-0.39, 0.29) is 5.91 Å². The molecule has 1 N–H and O–H groups in total. The van der Waals surface area contributed by atoms with E-state index in [9.17, 15) is 4.79 Å². The first-order valence-electron chi connectivity index (χ1n) is 4.14. The van der Waals surface area contributed by atoms with E-state index < -0.39 is 0 Å². The molecule has 0 aromatic carbocycles. The maximum atomic E-state index is 11.4. The van der Waals surface area contributed by atoms with Crippen molar-refractivity contribution in [2.75, 3.05) is 6.54 Å². The van der Waals surface area contributed by atoms with Crippen LogP contribution in [0, 0.1) is 11.3 Å². The summed E-state index contributed by atoms with van der Waals surface area (Å²) in [7, 11) is 0. The summed E-state index contributed by atoms with van der Waals surface area (Å²) < 4.78 is 5.34. The zero-order valence-corrected chi connectivity index (χ0v) is 9.00. The van der Waals surface area contributed by atoms with E-state index in [2.05, 4.69) is 21.2 Å². The van der Waals surface area contributed by atoms with Crippen molar-refractivity contribution in [3.63, 3.8) is 0 Å². The lowest BCUT2D eigenvalue weighted by molar-refractivity contribution is 0.0951. The lowest BCUT2D eigenvalue weighted by Gasteiger charge is -2.00. The molecule has 1 rings (SSSR count). The number of hydrogen-bond donors (Lipinski definition) is 1. The number of unbranched alkanes of at least 4 members (excludes halogenated alkanes) is 1. The maximum Gasteiger partial charge on any atom is 0.255 e. The van der Waals surface area contributed by atoms with Crippen LogP contribution in [0.3, 0.4) is 0 Å². The average molecular weight is 257 g/mol. The highest BCUT2D eigenvalue weighted by molar-refractivity contribution is 9.10. The van der Waals surface area contributed by atoms with Crippen LogP contribution in [0.25, 0.3) is 0 Å². The van der Waals surface area contributed by atoms with Crippen LogP contribution in [-0.2, 0) is 0 Å². The van der Waals surface area contributed by atoms with Crippen molar-refractivity contribution >= 4 is 21.8 Å². The van der Waals surface area contributed by atoms with Gasteiger partial charge >= 0.3 is 0 Å². The normalized spacial score (nSPS) is 9.43. The summed E-state index contributed by atoms with van der Waals surface area (Å²) in [5, 5.41) is 11.0. The highest BCUT2D eigenvalue weighted by atomic mass is 79.9. The molecule has 0 aliphatic rings. The van der Waals surface area contributed by atoms with Crippen LogP contribution in [0.2, 0.25) is 0 Å². The highest BCUT2D eigenvalue weighted by Gasteiger charge is 2.11. The third-order valence-corrected chi connectivity index (χ3v) is 2.23. The third kappa shape index (κ3) is 2.89. The van der Waals surface area contributed by atoms with Crippen molar-refractivity contribution in [2.24, 2.45) is 0 Å². The number of furan rings is 1. The first-order chi connectivity index (χ1) is 6.75. The van der Waals surface area contributed by atoms with Gasteiger partial charge in [0.1, 0.15) is 0 Å². The van der Waals surface area contributed by atoms with Crippen LogP contribution in [0.15, 0.2) is 21.4 Å². The summed E-state index contributed by atoms with van der Waals surface area (Å²) in [6.07, 6.45) is 2.55. The Morgan fingerprint density at radius 3 is 3.07 bits per heavy atom. The molecular formula is C9H9BrN2O2. The van der Waals surface area contributed by atoms with Gasteiger partial charge in [-0.25, -0.2) is 0 Å². The van der Waals surface area contributed by atoms with Crippen LogP contribution >= 0.6 is 15.9 Å². The van der Waals surface area contributed by atoms with Crippen LogP contribution in [0.5, 0.6) is 0 Å². The van der Waals surface area contributed by atoms with Crippen molar-refractivity contribution in [2.45, 2.75) is 12.8 Å². The SMILES string of the molecule is N#CCCCNC(=O)c1ccoc1Br. The molecule has 74 valence electrons. The number of hydrogen-bond acceptors (Lipinski definition) is 3. The fraction of sp³-hybridized carbons (Fsp3) is 0.333. The zero-order valence-electron chi connectivity index (χ0n) is 7.42. The molecule has 0 saturated carbocycles. The van der Waals surface area contributed by atoms with Crippen molar-refractivity contribution in [1.29, 1.82) is 5.26 Å². The molecule has 4 nitrogen and oxygen atoms in total. The van der Waals surface area contributed by atoms with E-state index in [1.807, 2.05) is 6.07 Å². The van der Waals surface area contributed by atoms with Gasteiger partial charge in [0.2, 0.25) is 0 Å². The van der Waals surface area contributed by atoms with Gasteiger partial charge in [-0.15, -0.1) is 0 Å². The van der Waals surface area contributed by atoms with E-state index in [4.69, 9.17) is 9.68 Å². The van der Waals surface area contributed by atoms with E-state index in [0.717, 1.165) is 0 Å². The van der Waals surface area contributed by atoms with Gasteiger partial charge in [0.05, 0.1) is 17.9 Å². The lowest BCUT2D eigenvalue weighted by Crippen LogP contribution is -2.24. The van der Waals surface area contributed by atoms with E-state index in [1.54, 1.807) is 6.07 Å². The maximum absolute atomic E-state index is 11.4. The molecule has 1 amide bonds. The number of carbonyl (C=O) groups is 1. The first kappa shape index (κ1) is 10.8. The second kappa shape index (κ2) is 5.45. The molecule has 5 heteroatoms. The Kier molecular flexibility index (Phi) is 4.20. The summed E-state index contributed by atoms with van der Waals surface area (Å²) in [5.74, 6) is -0.191. The largest absolute Gasteiger partial charge is 0.457 e. The predicted octanol–water partition coefficient (Wildman–Crippen LogP) is 2.08. The molecule has 1 aromatic rings. The Labute approximate surface area is 90.0 Å². The molecule has 0 spiro atoms. The molecule has 0 saturated heterocycles. The molecular weight excluding hydrogens is 248 g/mol. The minimum absolute atomic E-state index is 0.191. The third-order valence-electron chi connectivity index (χ3n) is 1.61. The molecule has 0 fully saturated rings. The van der Waals surface area contributed by atoms with Crippen LogP contribution in [0.4, 0.5) is 0 Å². The Morgan fingerprint density at radius 2 is 2.50 bits per heavy atom. The van der Waals surface area contributed by atoms with E-state index in [1.165, 1.54) is 6.26 Å². The molecule has 1 aromatic heterocycles. The number of rotatable bonds is 4. The number of halogens is 1. The lowest BCUT2D eigenvalue weighted by atomic mass is 10.3. The van der Waals surface area contributed by atoms with Gasteiger partial charge in [0.25, 0.3) is 5.91 Å². The van der Waals surface area contributed by atoms with E-state index >= 15 is 0 Å². The second-order valence-electron chi connectivity index (χ2n) is 2.63. The highest BCUT2D eigenvalue weighted by Crippen LogP contribution is 2.16. The molecule has 0 bridgehead atoms. The topological polar surface area (TPSA) is 66.0 Å². The Hall–Kier alpha value is -1.28. The number of nitriles is 1. The minimum Gasteiger partial charge on any atom is -0.457 e. The van der Waals surface area contributed by atoms with Gasteiger partial charge in [-0.3, -0.25) is 4.79 Å². The van der Waals surface area contributed by atoms with Gasteiger partial charge < -0.3 is 9.73 Å². The number of carbonyl (C=O) groups excluding carboxylic acids is 1. The molecule has 0 aliphatic heterocycles. The average Bonchev–Trinajstić information content (AvgIpc) is 2.59. The summed E-state index contributed by atoms with van der Waals surface area (Å²) in [6, 6.07) is 3.60. The van der Waals surface area contributed by atoms with Crippen molar-refractivity contribution in [3.05, 3.63) is 22.6 Å². The first-order valence-corrected chi connectivity index (χ1v) is 4.93. The van der Waals surface area contributed by atoms with Crippen molar-refractivity contribution < 1.29 is 9.21 Å². The monoisotopic (exact) mass is 256 g/mol. The number of nitrogens with zero attached hydrogens (tertiary/aromatic N) is 1. The van der Waals surface area contributed by atoms with Gasteiger partial charge in [-0.1, -0.05) is 0 Å². The summed E-state index contributed by atoms with van der Waals surface area (Å²) in [6.45, 7) is 0.504. The Balaban J connectivity index is 2.37. The minimum atomic E-state index is -0.191. The van der Waals surface area contributed by atoms with Crippen molar-refractivity contribution in [3.8, 4) is 6.07 Å². The number of amides is 1. The summed E-state index contributed by atoms with van der Waals surface area (Å²) in [4.78, 5) is 11.4. The molecule has 0 radical (unpaired) electrons. The van der Waals surface area contributed by atoms with Crippen molar-refractivity contribution in [1.82, 2.24) is 5.32 Å². The Bertz CT molecular complexity index is 354. The molecule has 0 atom stereocenters. The summed E-state index contributed by atoms with van der Waals surface area (Å²) in [5.41, 5.74) is 0.474. The second-order valence-corrected chi connectivity index (χ2v) is 3.35. The Morgan fingerprint density at radius 1 is 1.71 bits per heavy atom. The molecule has 0 aliphatic carbocycles. The van der Waals surface area contributed by atoms with Gasteiger partial charge in [-0.05, 0) is 28.4 Å². The summed E-state index contributed by atoms with van der Waals surface area (Å²) >= 11 is 3.11. The fourth-order valence-electron chi connectivity index (χ4n) is 0.920. The molecule has 0 unspecified atom stereocenters. The standard InChI is InChI=1S/C9H9BrN2O2/c10-8-7(3-6-14-8)9(13)12-5-2-1-4-11/h3,6H,1-2,5H2,(H,12,13). The molecule has 14 heavy (non-hydrogen) atoms. The van der Waals surface area contributed by atoms with E-state index in [0.29, 0.717) is 29.6 Å². The molecule has 1 heterocycles. The van der Waals surface area contributed by atoms with Crippen LogP contribution < -0.4 is 5.32 Å². The fourth-order valence-corrected chi connectivity index (χ4v) is 1.34. The zero-order chi connectivity index (χ0) is 10.4. The smallest absolute Gasteiger partial charge is 0.255 e. The van der Waals surface area contributed by atoms with Crippen LogP contribution in [-0.4, -0.2) is 12.5 Å². The number of nitrogens with one attached hydrogen (secondary N) is 1. The quantitative estimate of drug-likeness (QED) is 0.839. The van der Waals surface area contributed by atoms with Gasteiger partial charge in [0, 0.05) is 13.0 Å². The van der Waals surface area contributed by atoms with Gasteiger partial charge in [0.15, 0.2) is 4.67 Å². The van der Waals surface area contributed by atoms with Crippen LogP contribution in [0.1, 0.15) is 23.2 Å². The predicted molar refractivity (Wildman–Crippen MR) is 53.6 cm³/mol.